The van der Waals surface area contributed by atoms with E-state index >= 15 is 0 Å². The molecule has 1 aromatic heterocycles. The molecule has 1 saturated heterocycles. The van der Waals surface area contributed by atoms with E-state index in [-0.39, 0.29) is 11.9 Å². The van der Waals surface area contributed by atoms with Crippen LogP contribution in [0, 0.1) is 0 Å². The molecular formula is C15H24N4O2. The van der Waals surface area contributed by atoms with Crippen molar-refractivity contribution in [1.29, 1.82) is 0 Å². The van der Waals surface area contributed by atoms with Crippen LogP contribution in [0.4, 0.5) is 0 Å². The van der Waals surface area contributed by atoms with Crippen molar-refractivity contribution in [2.24, 2.45) is 0 Å². The van der Waals surface area contributed by atoms with Gasteiger partial charge in [-0.1, -0.05) is 24.5 Å². The number of hydrogen-bond acceptors (Lipinski definition) is 4. The summed E-state index contributed by atoms with van der Waals surface area (Å²) in [4.78, 5) is 14.3. The average molecular weight is 292 g/mol. The van der Waals surface area contributed by atoms with Gasteiger partial charge in [-0.2, -0.15) is 0 Å². The lowest BCUT2D eigenvalue weighted by atomic mass is 9.96. The summed E-state index contributed by atoms with van der Waals surface area (Å²) in [6.07, 6.45) is 9.72. The SMILES string of the molecule is CN(C(=O)c1cn(C2CCCCC2)nn1)C1CCOCC1. The molecule has 1 saturated carbocycles. The van der Waals surface area contributed by atoms with Crippen LogP contribution >= 0.6 is 0 Å². The molecule has 0 radical (unpaired) electrons. The number of aromatic nitrogens is 3. The minimum absolute atomic E-state index is 0.0241. The van der Waals surface area contributed by atoms with Crippen LogP contribution in [0.2, 0.25) is 0 Å². The third-order valence-electron chi connectivity index (χ3n) is 4.74. The van der Waals surface area contributed by atoms with Crippen LogP contribution in [-0.4, -0.2) is 52.1 Å². The molecule has 116 valence electrons. The zero-order chi connectivity index (χ0) is 14.7. The molecule has 6 nitrogen and oxygen atoms in total. The maximum atomic E-state index is 12.5. The number of amides is 1. The standard InChI is InChI=1S/C15H24N4O2/c1-18(12-7-9-21-10-8-12)15(20)14-11-19(17-16-14)13-5-3-2-4-6-13/h11-13H,2-10H2,1H3. The van der Waals surface area contributed by atoms with Gasteiger partial charge >= 0.3 is 0 Å². The van der Waals surface area contributed by atoms with Crippen LogP contribution in [-0.2, 0) is 4.74 Å². The van der Waals surface area contributed by atoms with Crippen LogP contribution < -0.4 is 0 Å². The van der Waals surface area contributed by atoms with Gasteiger partial charge in [0.1, 0.15) is 0 Å². The smallest absolute Gasteiger partial charge is 0.276 e. The van der Waals surface area contributed by atoms with Crippen LogP contribution in [0.3, 0.4) is 0 Å². The largest absolute Gasteiger partial charge is 0.381 e. The lowest BCUT2D eigenvalue weighted by Crippen LogP contribution is -2.40. The molecule has 0 spiro atoms. The Labute approximate surface area is 125 Å². The Morgan fingerprint density at radius 1 is 1.24 bits per heavy atom. The molecule has 3 rings (SSSR count). The fraction of sp³-hybridized carbons (Fsp3) is 0.800. The molecule has 2 fully saturated rings. The van der Waals surface area contributed by atoms with Crippen LogP contribution in [0.1, 0.15) is 61.5 Å². The Bertz CT molecular complexity index is 476. The van der Waals surface area contributed by atoms with Crippen molar-refractivity contribution in [2.75, 3.05) is 20.3 Å². The van der Waals surface area contributed by atoms with Crippen molar-refractivity contribution < 1.29 is 9.53 Å². The molecule has 0 N–H and O–H groups in total. The minimum Gasteiger partial charge on any atom is -0.381 e. The summed E-state index contributed by atoms with van der Waals surface area (Å²) >= 11 is 0. The molecule has 1 amide bonds. The van der Waals surface area contributed by atoms with Gasteiger partial charge in [-0.15, -0.1) is 5.10 Å². The predicted octanol–water partition coefficient (Wildman–Crippen LogP) is 2.03. The normalized spacial score (nSPS) is 21.4. The number of carbonyl (C=O) groups is 1. The van der Waals surface area contributed by atoms with Gasteiger partial charge < -0.3 is 9.64 Å². The van der Waals surface area contributed by atoms with Crippen LogP contribution in [0.15, 0.2) is 6.20 Å². The first-order chi connectivity index (χ1) is 10.3. The van der Waals surface area contributed by atoms with Gasteiger partial charge in [-0.3, -0.25) is 4.79 Å². The summed E-state index contributed by atoms with van der Waals surface area (Å²) in [5, 5.41) is 8.28. The van der Waals surface area contributed by atoms with Gasteiger partial charge in [0.2, 0.25) is 0 Å². The lowest BCUT2D eigenvalue weighted by molar-refractivity contribution is 0.0359. The highest BCUT2D eigenvalue weighted by Gasteiger charge is 2.26. The summed E-state index contributed by atoms with van der Waals surface area (Å²) in [6.45, 7) is 1.47. The molecule has 1 aromatic rings. The first-order valence-corrected chi connectivity index (χ1v) is 8.02. The lowest BCUT2D eigenvalue weighted by Gasteiger charge is -2.30. The minimum atomic E-state index is -0.0241. The van der Waals surface area contributed by atoms with E-state index in [9.17, 15) is 4.79 Å². The summed E-state index contributed by atoms with van der Waals surface area (Å²) in [5.41, 5.74) is 0.467. The van der Waals surface area contributed by atoms with Crippen molar-refractivity contribution in [3.05, 3.63) is 11.9 Å². The molecule has 0 atom stereocenters. The van der Waals surface area contributed by atoms with E-state index in [1.54, 1.807) is 4.90 Å². The zero-order valence-corrected chi connectivity index (χ0v) is 12.7. The highest BCUT2D eigenvalue weighted by atomic mass is 16.5. The fourth-order valence-corrected chi connectivity index (χ4v) is 3.32. The van der Waals surface area contributed by atoms with Crippen molar-refractivity contribution >= 4 is 5.91 Å². The highest BCUT2D eigenvalue weighted by molar-refractivity contribution is 5.91. The van der Waals surface area contributed by atoms with Crippen molar-refractivity contribution in [2.45, 2.75) is 57.0 Å². The van der Waals surface area contributed by atoms with E-state index in [1.165, 1.54) is 19.3 Å². The van der Waals surface area contributed by atoms with E-state index in [0.29, 0.717) is 11.7 Å². The van der Waals surface area contributed by atoms with Gasteiger partial charge in [0.25, 0.3) is 5.91 Å². The third-order valence-corrected chi connectivity index (χ3v) is 4.74. The number of rotatable bonds is 3. The Kier molecular flexibility index (Phi) is 4.53. The first-order valence-electron chi connectivity index (χ1n) is 8.02. The zero-order valence-electron chi connectivity index (χ0n) is 12.7. The molecule has 6 heteroatoms. The van der Waals surface area contributed by atoms with Gasteiger partial charge in [0.15, 0.2) is 5.69 Å². The van der Waals surface area contributed by atoms with Crippen LogP contribution in [0.5, 0.6) is 0 Å². The number of hydrogen-bond donors (Lipinski definition) is 0. The summed E-state index contributed by atoms with van der Waals surface area (Å²) in [6, 6.07) is 0.673. The predicted molar refractivity (Wildman–Crippen MR) is 78.1 cm³/mol. The third kappa shape index (κ3) is 3.26. The Balaban J connectivity index is 1.65. The Morgan fingerprint density at radius 3 is 2.67 bits per heavy atom. The van der Waals surface area contributed by atoms with Crippen molar-refractivity contribution in [3.8, 4) is 0 Å². The quantitative estimate of drug-likeness (QED) is 0.855. The fourth-order valence-electron chi connectivity index (χ4n) is 3.32. The molecule has 0 unspecified atom stereocenters. The second kappa shape index (κ2) is 6.56. The van der Waals surface area contributed by atoms with E-state index in [0.717, 1.165) is 38.9 Å². The number of carbonyl (C=O) groups excluding carboxylic acids is 1. The number of nitrogens with zero attached hydrogens (tertiary/aromatic N) is 4. The van der Waals surface area contributed by atoms with Gasteiger partial charge in [0.05, 0.1) is 12.2 Å². The maximum Gasteiger partial charge on any atom is 0.276 e. The van der Waals surface area contributed by atoms with Gasteiger partial charge in [-0.05, 0) is 25.7 Å². The summed E-state index contributed by atoms with van der Waals surface area (Å²) < 4.78 is 7.24. The molecular weight excluding hydrogens is 268 g/mol. The first kappa shape index (κ1) is 14.5. The molecule has 2 heterocycles. The van der Waals surface area contributed by atoms with E-state index in [1.807, 2.05) is 17.9 Å². The molecule has 1 aliphatic heterocycles. The Morgan fingerprint density at radius 2 is 1.95 bits per heavy atom. The van der Waals surface area contributed by atoms with Crippen molar-refractivity contribution in [3.63, 3.8) is 0 Å². The van der Waals surface area contributed by atoms with Crippen molar-refractivity contribution in [1.82, 2.24) is 19.9 Å². The van der Waals surface area contributed by atoms with E-state index in [2.05, 4.69) is 10.3 Å². The van der Waals surface area contributed by atoms with Gasteiger partial charge in [-0.25, -0.2) is 4.68 Å². The average Bonchev–Trinajstić information content (AvgIpc) is 3.05. The second-order valence-electron chi connectivity index (χ2n) is 6.14. The Hall–Kier alpha value is -1.43. The molecule has 2 aliphatic rings. The molecule has 1 aliphatic carbocycles. The van der Waals surface area contributed by atoms with Crippen LogP contribution in [0.25, 0.3) is 0 Å². The summed E-state index contributed by atoms with van der Waals surface area (Å²) in [7, 11) is 1.86. The molecule has 0 bridgehead atoms. The topological polar surface area (TPSA) is 60.2 Å². The maximum absolute atomic E-state index is 12.5. The summed E-state index contributed by atoms with van der Waals surface area (Å²) in [5.74, 6) is -0.0241. The van der Waals surface area contributed by atoms with Gasteiger partial charge in [0, 0.05) is 26.3 Å². The van der Waals surface area contributed by atoms with E-state index in [4.69, 9.17) is 4.74 Å². The molecule has 21 heavy (non-hydrogen) atoms. The number of ether oxygens (including phenoxy) is 1. The monoisotopic (exact) mass is 292 g/mol. The molecule has 0 aromatic carbocycles. The van der Waals surface area contributed by atoms with E-state index < -0.39 is 0 Å². The highest BCUT2D eigenvalue weighted by Crippen LogP contribution is 2.27. The second-order valence-corrected chi connectivity index (χ2v) is 6.14.